The monoisotopic (exact) mass is 457 g/mol. The second kappa shape index (κ2) is 10.4. The molecule has 0 atom stereocenters. The van der Waals surface area contributed by atoms with Gasteiger partial charge in [0.2, 0.25) is 0 Å². The van der Waals surface area contributed by atoms with Crippen molar-refractivity contribution in [3.63, 3.8) is 0 Å². The molecule has 2 heteroatoms. The summed E-state index contributed by atoms with van der Waals surface area (Å²) in [5, 5.41) is 4.26. The molecule has 1 heterocycles. The van der Waals surface area contributed by atoms with Gasteiger partial charge >= 0.3 is 0 Å². The van der Waals surface area contributed by atoms with E-state index in [1.165, 1.54) is 33.5 Å². The van der Waals surface area contributed by atoms with Crippen LogP contribution in [0, 0.1) is 6.92 Å². The molecule has 0 fully saturated rings. The van der Waals surface area contributed by atoms with Crippen LogP contribution in [0.2, 0.25) is 0 Å². The van der Waals surface area contributed by atoms with Crippen molar-refractivity contribution in [3.8, 4) is 0 Å². The smallest absolute Gasteiger partial charge is 0.0490 e. The molecule has 0 saturated carbocycles. The average molecular weight is 458 g/mol. The van der Waals surface area contributed by atoms with Gasteiger partial charge in [0, 0.05) is 17.1 Å². The van der Waals surface area contributed by atoms with Crippen LogP contribution in [-0.4, -0.2) is 0 Å². The third kappa shape index (κ3) is 5.19. The van der Waals surface area contributed by atoms with E-state index in [0.29, 0.717) is 0 Å². The number of hydrogen-bond acceptors (Lipinski definition) is 2. The van der Waals surface area contributed by atoms with Crippen molar-refractivity contribution in [3.05, 3.63) is 148 Å². The van der Waals surface area contributed by atoms with Crippen LogP contribution in [0.1, 0.15) is 27.8 Å². The molecule has 1 nitrogen and oxygen atoms in total. The van der Waals surface area contributed by atoms with Crippen LogP contribution in [0.3, 0.4) is 0 Å². The zero-order chi connectivity index (χ0) is 23.2. The molecule has 5 aromatic rings. The summed E-state index contributed by atoms with van der Waals surface area (Å²) in [6, 6.07) is 39.0. The highest BCUT2D eigenvalue weighted by molar-refractivity contribution is 7.08. The van der Waals surface area contributed by atoms with E-state index in [9.17, 15) is 0 Å². The lowest BCUT2D eigenvalue weighted by Gasteiger charge is -2.27. The van der Waals surface area contributed by atoms with Gasteiger partial charge in [-0.05, 0) is 88.3 Å². The first kappa shape index (κ1) is 21.9. The number of rotatable bonds is 7. The van der Waals surface area contributed by atoms with Crippen LogP contribution >= 0.6 is 11.3 Å². The summed E-state index contributed by atoms with van der Waals surface area (Å²) in [7, 11) is 0. The van der Waals surface area contributed by atoms with E-state index in [0.717, 1.165) is 17.8 Å². The number of anilines is 3. The maximum atomic E-state index is 2.34. The lowest BCUT2D eigenvalue weighted by Crippen LogP contribution is -2.11. The van der Waals surface area contributed by atoms with Gasteiger partial charge < -0.3 is 4.90 Å². The summed E-state index contributed by atoms with van der Waals surface area (Å²) < 4.78 is 0. The Kier molecular flexibility index (Phi) is 6.69. The third-order valence-corrected chi connectivity index (χ3v) is 6.63. The SMILES string of the molecule is Cc1cc(Cc2ccccc2)ccc1N(c1ccccc1)c1ccc(/C=C/c2ccsc2)cc1. The zero-order valence-corrected chi connectivity index (χ0v) is 20.1. The number of hydrogen-bond donors (Lipinski definition) is 0. The lowest BCUT2D eigenvalue weighted by molar-refractivity contribution is 1.17. The fraction of sp³-hybridized carbons (Fsp3) is 0.0625. The summed E-state index contributed by atoms with van der Waals surface area (Å²) in [4.78, 5) is 2.34. The van der Waals surface area contributed by atoms with E-state index in [4.69, 9.17) is 0 Å². The fourth-order valence-corrected chi connectivity index (χ4v) is 4.84. The van der Waals surface area contributed by atoms with Crippen LogP contribution < -0.4 is 4.90 Å². The maximum absolute atomic E-state index is 2.34. The molecule has 0 radical (unpaired) electrons. The van der Waals surface area contributed by atoms with Gasteiger partial charge in [-0.3, -0.25) is 0 Å². The van der Waals surface area contributed by atoms with Crippen molar-refractivity contribution >= 4 is 40.6 Å². The average Bonchev–Trinajstić information content (AvgIpc) is 3.40. The quantitative estimate of drug-likeness (QED) is 0.235. The van der Waals surface area contributed by atoms with Gasteiger partial charge in [0.15, 0.2) is 0 Å². The van der Waals surface area contributed by atoms with Crippen LogP contribution in [-0.2, 0) is 6.42 Å². The molecule has 1 aromatic heterocycles. The normalized spacial score (nSPS) is 11.1. The molecule has 0 amide bonds. The van der Waals surface area contributed by atoms with Crippen molar-refractivity contribution in [1.82, 2.24) is 0 Å². The van der Waals surface area contributed by atoms with Gasteiger partial charge in [0.25, 0.3) is 0 Å². The highest BCUT2D eigenvalue weighted by atomic mass is 32.1. The molecule has 4 aromatic carbocycles. The minimum absolute atomic E-state index is 0.943. The fourth-order valence-electron chi connectivity index (χ4n) is 4.21. The summed E-state index contributed by atoms with van der Waals surface area (Å²) in [6.45, 7) is 2.21. The summed E-state index contributed by atoms with van der Waals surface area (Å²) >= 11 is 1.72. The first-order valence-corrected chi connectivity index (χ1v) is 12.5. The van der Waals surface area contributed by atoms with E-state index in [1.807, 2.05) is 0 Å². The van der Waals surface area contributed by atoms with E-state index in [-0.39, 0.29) is 0 Å². The van der Waals surface area contributed by atoms with Gasteiger partial charge in [-0.2, -0.15) is 11.3 Å². The molecule has 0 N–H and O–H groups in total. The van der Waals surface area contributed by atoms with E-state index >= 15 is 0 Å². The molecule has 0 aliphatic heterocycles. The maximum Gasteiger partial charge on any atom is 0.0490 e. The predicted octanol–water partition coefficient (Wildman–Crippen LogP) is 9.29. The Balaban J connectivity index is 1.46. The van der Waals surface area contributed by atoms with Crippen LogP contribution in [0.25, 0.3) is 12.2 Å². The van der Waals surface area contributed by atoms with Gasteiger partial charge in [-0.15, -0.1) is 0 Å². The number of thiophene rings is 1. The van der Waals surface area contributed by atoms with Crippen molar-refractivity contribution in [2.75, 3.05) is 4.90 Å². The van der Waals surface area contributed by atoms with Crippen molar-refractivity contribution in [2.24, 2.45) is 0 Å². The Bertz CT molecular complexity index is 1350. The molecule has 166 valence electrons. The molecule has 34 heavy (non-hydrogen) atoms. The first-order chi connectivity index (χ1) is 16.8. The molecule has 0 saturated heterocycles. The Morgan fingerprint density at radius 1 is 0.647 bits per heavy atom. The minimum atomic E-state index is 0.943. The summed E-state index contributed by atoms with van der Waals surface area (Å²) in [5.41, 5.74) is 9.86. The second-order valence-electron chi connectivity index (χ2n) is 8.44. The number of para-hydroxylation sites is 1. The third-order valence-electron chi connectivity index (χ3n) is 5.93. The highest BCUT2D eigenvalue weighted by Crippen LogP contribution is 2.37. The molecule has 0 aliphatic carbocycles. The Morgan fingerprint density at radius 3 is 2.00 bits per heavy atom. The molecular formula is C32H27NS. The molecular weight excluding hydrogens is 430 g/mol. The van der Waals surface area contributed by atoms with Crippen LogP contribution in [0.5, 0.6) is 0 Å². The zero-order valence-electron chi connectivity index (χ0n) is 19.3. The molecule has 0 unspecified atom stereocenters. The topological polar surface area (TPSA) is 3.24 Å². The van der Waals surface area contributed by atoms with Crippen LogP contribution in [0.4, 0.5) is 17.1 Å². The molecule has 5 rings (SSSR count). The van der Waals surface area contributed by atoms with Crippen molar-refractivity contribution < 1.29 is 0 Å². The second-order valence-corrected chi connectivity index (χ2v) is 9.22. The number of nitrogens with zero attached hydrogens (tertiary/aromatic N) is 1. The Morgan fingerprint density at radius 2 is 1.32 bits per heavy atom. The summed E-state index contributed by atoms with van der Waals surface area (Å²) in [5.74, 6) is 0. The van der Waals surface area contributed by atoms with Gasteiger partial charge in [-0.1, -0.05) is 84.9 Å². The minimum Gasteiger partial charge on any atom is -0.310 e. The van der Waals surface area contributed by atoms with Crippen molar-refractivity contribution in [2.45, 2.75) is 13.3 Å². The molecule has 0 spiro atoms. The van der Waals surface area contributed by atoms with Gasteiger partial charge in [-0.25, -0.2) is 0 Å². The number of benzene rings is 4. The van der Waals surface area contributed by atoms with E-state index in [2.05, 4.69) is 144 Å². The Labute approximate surface area is 206 Å². The molecule has 0 bridgehead atoms. The first-order valence-electron chi connectivity index (χ1n) is 11.6. The lowest BCUT2D eigenvalue weighted by atomic mass is 10.0. The summed E-state index contributed by atoms with van der Waals surface area (Å²) in [6.07, 6.45) is 5.27. The largest absolute Gasteiger partial charge is 0.310 e. The van der Waals surface area contributed by atoms with Gasteiger partial charge in [0.05, 0.1) is 0 Å². The predicted molar refractivity (Wildman–Crippen MR) is 148 cm³/mol. The van der Waals surface area contributed by atoms with E-state index < -0.39 is 0 Å². The van der Waals surface area contributed by atoms with Crippen LogP contribution in [0.15, 0.2) is 120 Å². The number of aryl methyl sites for hydroxylation is 1. The standard InChI is InChI=1S/C32H27NS/c1-25-22-29(23-27-8-4-2-5-9-27)16-19-32(25)33(30-10-6-3-7-11-30)31-17-14-26(15-18-31)12-13-28-20-21-34-24-28/h2-22,24H,23H2,1H3/b13-12+. The highest BCUT2D eigenvalue weighted by Gasteiger charge is 2.14. The van der Waals surface area contributed by atoms with E-state index in [1.54, 1.807) is 11.3 Å². The van der Waals surface area contributed by atoms with Crippen molar-refractivity contribution in [1.29, 1.82) is 0 Å². The van der Waals surface area contributed by atoms with Gasteiger partial charge in [0.1, 0.15) is 0 Å². The molecule has 0 aliphatic rings. The Hall–Kier alpha value is -3.88.